The van der Waals surface area contributed by atoms with Crippen LogP contribution in [-0.2, 0) is 16.1 Å². The van der Waals surface area contributed by atoms with Gasteiger partial charge in [-0.15, -0.1) is 0 Å². The number of carbonyl (C=O) groups is 1. The van der Waals surface area contributed by atoms with Gasteiger partial charge in [0.05, 0.1) is 34.6 Å². The van der Waals surface area contributed by atoms with Crippen LogP contribution in [0, 0.1) is 10.1 Å². The lowest BCUT2D eigenvalue weighted by Gasteiger charge is -2.28. The van der Waals surface area contributed by atoms with E-state index in [2.05, 4.69) is 9.97 Å². The van der Waals surface area contributed by atoms with E-state index < -0.39 is 10.9 Å². The number of para-hydroxylation sites is 1. The monoisotopic (exact) mass is 410 g/mol. The number of anilines is 1. The summed E-state index contributed by atoms with van der Waals surface area (Å²) in [5.74, 6) is -0.561. The molecule has 1 saturated heterocycles. The number of nitro groups is 1. The third-order valence-electron chi connectivity index (χ3n) is 4.76. The van der Waals surface area contributed by atoms with E-state index in [1.807, 2.05) is 4.90 Å². The second-order valence-electron chi connectivity index (χ2n) is 6.67. The molecule has 1 N–H and O–H groups in total. The van der Waals surface area contributed by atoms with Gasteiger partial charge in [0.2, 0.25) is 0 Å². The summed E-state index contributed by atoms with van der Waals surface area (Å²) in [5.41, 5.74) is 0.445. The van der Waals surface area contributed by atoms with Gasteiger partial charge in [-0.05, 0) is 24.3 Å². The molecule has 3 aromatic rings. The van der Waals surface area contributed by atoms with Crippen LogP contribution in [0.15, 0.2) is 47.3 Å². The number of hydrogen-bond donors (Lipinski definition) is 1. The van der Waals surface area contributed by atoms with Crippen LogP contribution in [0.4, 0.5) is 11.4 Å². The molecule has 0 atom stereocenters. The van der Waals surface area contributed by atoms with Crippen molar-refractivity contribution >= 4 is 28.2 Å². The van der Waals surface area contributed by atoms with Crippen LogP contribution in [0.1, 0.15) is 16.2 Å². The third kappa shape index (κ3) is 3.98. The average molecular weight is 410 g/mol. The van der Waals surface area contributed by atoms with Crippen molar-refractivity contribution in [3.05, 3.63) is 74.3 Å². The molecule has 0 radical (unpaired) electrons. The second kappa shape index (κ2) is 8.29. The van der Waals surface area contributed by atoms with Crippen LogP contribution in [0.5, 0.6) is 0 Å². The molecule has 1 aliphatic rings. The van der Waals surface area contributed by atoms with Crippen molar-refractivity contribution in [2.45, 2.75) is 6.61 Å². The number of hydrogen-bond acceptors (Lipinski definition) is 8. The molecule has 4 rings (SSSR count). The minimum Gasteiger partial charge on any atom is -0.454 e. The van der Waals surface area contributed by atoms with Crippen LogP contribution in [0.2, 0.25) is 0 Å². The predicted molar refractivity (Wildman–Crippen MR) is 108 cm³/mol. The lowest BCUT2D eigenvalue weighted by molar-refractivity contribution is -0.384. The van der Waals surface area contributed by atoms with Crippen molar-refractivity contribution in [2.75, 3.05) is 31.2 Å². The number of nitro benzene ring substituents is 1. The highest BCUT2D eigenvalue weighted by Gasteiger charge is 2.24. The van der Waals surface area contributed by atoms with E-state index in [9.17, 15) is 19.7 Å². The largest absolute Gasteiger partial charge is 0.454 e. The Balaban J connectivity index is 1.52. The summed E-state index contributed by atoms with van der Waals surface area (Å²) in [7, 11) is 0. The van der Waals surface area contributed by atoms with Gasteiger partial charge in [-0.2, -0.15) is 0 Å². The van der Waals surface area contributed by atoms with Crippen LogP contribution in [0.3, 0.4) is 0 Å². The van der Waals surface area contributed by atoms with Crippen molar-refractivity contribution in [2.24, 2.45) is 0 Å². The molecular formula is C20H18N4O6. The van der Waals surface area contributed by atoms with Crippen molar-refractivity contribution in [3.8, 4) is 0 Å². The molecule has 0 unspecified atom stereocenters. The fourth-order valence-corrected chi connectivity index (χ4v) is 3.29. The molecule has 2 aromatic carbocycles. The van der Waals surface area contributed by atoms with Gasteiger partial charge < -0.3 is 19.4 Å². The zero-order valence-corrected chi connectivity index (χ0v) is 15.9. The number of carbonyl (C=O) groups excluding carboxylic acids is 1. The Bertz CT molecular complexity index is 1170. The van der Waals surface area contributed by atoms with E-state index in [0.29, 0.717) is 42.9 Å². The van der Waals surface area contributed by atoms with E-state index >= 15 is 0 Å². The van der Waals surface area contributed by atoms with Gasteiger partial charge in [0.1, 0.15) is 18.1 Å². The minimum absolute atomic E-state index is 0.0434. The predicted octanol–water partition coefficient (Wildman–Crippen LogP) is 2.02. The molecule has 0 saturated carbocycles. The maximum Gasteiger partial charge on any atom is 0.338 e. The van der Waals surface area contributed by atoms with Gasteiger partial charge in [-0.25, -0.2) is 9.78 Å². The smallest absolute Gasteiger partial charge is 0.338 e. The highest BCUT2D eigenvalue weighted by Crippen LogP contribution is 2.30. The summed E-state index contributed by atoms with van der Waals surface area (Å²) >= 11 is 0. The standard InChI is InChI=1S/C20H18N4O6/c25-19-14-3-1-2-4-15(14)21-18(22-19)12-30-20(26)13-5-6-16(17(11-13)24(27)28)23-7-9-29-10-8-23/h1-6,11H,7-10,12H2,(H,21,22,25). The van der Waals surface area contributed by atoms with Gasteiger partial charge in [0.15, 0.2) is 0 Å². The minimum atomic E-state index is -0.748. The first-order valence-corrected chi connectivity index (χ1v) is 9.29. The van der Waals surface area contributed by atoms with Gasteiger partial charge >= 0.3 is 5.97 Å². The molecule has 1 fully saturated rings. The fraction of sp³-hybridized carbons (Fsp3) is 0.250. The first kappa shape index (κ1) is 19.5. The van der Waals surface area contributed by atoms with E-state index in [1.165, 1.54) is 18.2 Å². The number of benzene rings is 2. The molecule has 154 valence electrons. The zero-order chi connectivity index (χ0) is 21.1. The van der Waals surface area contributed by atoms with Crippen LogP contribution < -0.4 is 10.5 Å². The van der Waals surface area contributed by atoms with Crippen LogP contribution >= 0.6 is 0 Å². The molecule has 30 heavy (non-hydrogen) atoms. The molecule has 0 spiro atoms. The Kier molecular flexibility index (Phi) is 5.40. The van der Waals surface area contributed by atoms with E-state index in [1.54, 1.807) is 24.3 Å². The summed E-state index contributed by atoms with van der Waals surface area (Å²) in [4.78, 5) is 44.2. The highest BCUT2D eigenvalue weighted by atomic mass is 16.6. The Labute approximate surface area is 170 Å². The third-order valence-corrected chi connectivity index (χ3v) is 4.76. The maximum atomic E-state index is 12.4. The molecule has 0 amide bonds. The lowest BCUT2D eigenvalue weighted by atomic mass is 10.1. The van der Waals surface area contributed by atoms with Crippen LogP contribution in [0.25, 0.3) is 10.9 Å². The molecule has 10 nitrogen and oxygen atoms in total. The number of morpholine rings is 1. The Morgan fingerprint density at radius 1 is 1.23 bits per heavy atom. The summed E-state index contributed by atoms with van der Waals surface area (Å²) in [6.45, 7) is 1.77. The maximum absolute atomic E-state index is 12.4. The number of fused-ring (bicyclic) bond motifs is 1. The van der Waals surface area contributed by atoms with Crippen molar-refractivity contribution in [1.82, 2.24) is 9.97 Å². The number of H-pyrrole nitrogens is 1. The highest BCUT2D eigenvalue weighted by molar-refractivity contribution is 5.91. The molecule has 0 aliphatic carbocycles. The average Bonchev–Trinajstić information content (AvgIpc) is 2.77. The topological polar surface area (TPSA) is 128 Å². The Hall–Kier alpha value is -3.79. The van der Waals surface area contributed by atoms with Crippen LogP contribution in [-0.4, -0.2) is 47.2 Å². The van der Waals surface area contributed by atoms with Gasteiger partial charge in [-0.1, -0.05) is 12.1 Å². The van der Waals surface area contributed by atoms with Gasteiger partial charge in [0.25, 0.3) is 11.2 Å². The van der Waals surface area contributed by atoms with Crippen molar-refractivity contribution < 1.29 is 19.2 Å². The van der Waals surface area contributed by atoms with Gasteiger partial charge in [-0.3, -0.25) is 14.9 Å². The SMILES string of the molecule is O=C(OCc1nc2ccccc2c(=O)[nH]1)c1ccc(N2CCOCC2)c([N+](=O)[O-])c1. The van der Waals surface area contributed by atoms with E-state index in [0.717, 1.165) is 0 Å². The molecule has 0 bridgehead atoms. The number of rotatable bonds is 5. The zero-order valence-electron chi connectivity index (χ0n) is 15.9. The summed E-state index contributed by atoms with van der Waals surface area (Å²) in [6, 6.07) is 11.0. The number of aromatic amines is 1. The number of nitrogens with zero attached hydrogens (tertiary/aromatic N) is 3. The summed E-state index contributed by atoms with van der Waals surface area (Å²) < 4.78 is 10.5. The second-order valence-corrected chi connectivity index (χ2v) is 6.67. The first-order valence-electron chi connectivity index (χ1n) is 9.29. The van der Waals surface area contributed by atoms with E-state index in [-0.39, 0.29) is 29.2 Å². The molecule has 1 aromatic heterocycles. The Morgan fingerprint density at radius 2 is 2.00 bits per heavy atom. The summed E-state index contributed by atoms with van der Waals surface area (Å²) in [6.07, 6.45) is 0. The molecule has 1 aliphatic heterocycles. The lowest BCUT2D eigenvalue weighted by Crippen LogP contribution is -2.36. The van der Waals surface area contributed by atoms with E-state index in [4.69, 9.17) is 9.47 Å². The van der Waals surface area contributed by atoms with Crippen molar-refractivity contribution in [3.63, 3.8) is 0 Å². The normalized spacial score (nSPS) is 13.9. The van der Waals surface area contributed by atoms with Crippen molar-refractivity contribution in [1.29, 1.82) is 0 Å². The molecule has 10 heteroatoms. The first-order chi connectivity index (χ1) is 14.5. The number of nitrogens with one attached hydrogen (secondary N) is 1. The number of ether oxygens (including phenoxy) is 2. The quantitative estimate of drug-likeness (QED) is 0.384. The summed E-state index contributed by atoms with van der Waals surface area (Å²) in [5, 5.41) is 12.0. The number of aromatic nitrogens is 2. The molecule has 2 heterocycles. The molecular weight excluding hydrogens is 392 g/mol. The van der Waals surface area contributed by atoms with Gasteiger partial charge in [0, 0.05) is 19.2 Å². The number of esters is 1. The fourth-order valence-electron chi connectivity index (χ4n) is 3.29. The Morgan fingerprint density at radius 3 is 2.77 bits per heavy atom.